The quantitative estimate of drug-likeness (QED) is 0.862. The maximum atomic E-state index is 11.9. The van der Waals surface area contributed by atoms with E-state index < -0.39 is 0 Å². The highest BCUT2D eigenvalue weighted by Gasteiger charge is 2.28. The van der Waals surface area contributed by atoms with Gasteiger partial charge in [0.2, 0.25) is 5.91 Å². The van der Waals surface area contributed by atoms with Crippen LogP contribution in [0.4, 0.5) is 0 Å². The number of rotatable bonds is 5. The summed E-state index contributed by atoms with van der Waals surface area (Å²) in [5, 5.41) is 0. The van der Waals surface area contributed by atoms with Crippen LogP contribution in [0, 0.1) is 5.92 Å². The summed E-state index contributed by atoms with van der Waals surface area (Å²) in [6.45, 7) is 3.03. The second kappa shape index (κ2) is 6.17. The van der Waals surface area contributed by atoms with Crippen molar-refractivity contribution in [2.24, 2.45) is 11.7 Å². The maximum Gasteiger partial charge on any atom is 0.223 e. The van der Waals surface area contributed by atoms with Crippen LogP contribution in [-0.4, -0.2) is 42.9 Å². The van der Waals surface area contributed by atoms with E-state index in [1.54, 1.807) is 0 Å². The van der Waals surface area contributed by atoms with E-state index in [4.69, 9.17) is 5.73 Å². The molecule has 0 aliphatic carbocycles. The number of likely N-dealkylation sites (tertiary alicyclic amines) is 1. The number of hydrogen-bond donors (Lipinski definition) is 1. The van der Waals surface area contributed by atoms with E-state index in [9.17, 15) is 4.79 Å². The fraction of sp³-hybridized carbons (Fsp3) is 0.533. The SMILES string of the molecule is CN(C)Cc1cccc(CN2CC(CN)CC2=O)c1. The van der Waals surface area contributed by atoms with Crippen molar-refractivity contribution < 1.29 is 4.79 Å². The molecular weight excluding hydrogens is 238 g/mol. The molecule has 1 aromatic rings. The van der Waals surface area contributed by atoms with Gasteiger partial charge in [0, 0.05) is 26.1 Å². The van der Waals surface area contributed by atoms with Crippen molar-refractivity contribution in [3.05, 3.63) is 35.4 Å². The molecule has 4 heteroatoms. The molecule has 0 aromatic heterocycles. The van der Waals surface area contributed by atoms with Gasteiger partial charge in [-0.05, 0) is 37.7 Å². The highest BCUT2D eigenvalue weighted by atomic mass is 16.2. The Morgan fingerprint density at radius 1 is 1.37 bits per heavy atom. The van der Waals surface area contributed by atoms with Gasteiger partial charge in [0.1, 0.15) is 0 Å². The topological polar surface area (TPSA) is 49.6 Å². The predicted molar refractivity (Wildman–Crippen MR) is 76.4 cm³/mol. The monoisotopic (exact) mass is 261 g/mol. The molecule has 19 heavy (non-hydrogen) atoms. The first kappa shape index (κ1) is 14.0. The fourth-order valence-corrected chi connectivity index (χ4v) is 2.58. The van der Waals surface area contributed by atoms with Gasteiger partial charge in [0.05, 0.1) is 0 Å². The van der Waals surface area contributed by atoms with Crippen molar-refractivity contribution in [2.75, 3.05) is 27.2 Å². The summed E-state index contributed by atoms with van der Waals surface area (Å²) < 4.78 is 0. The van der Waals surface area contributed by atoms with Crippen LogP contribution in [-0.2, 0) is 17.9 Å². The Hall–Kier alpha value is -1.39. The Balaban J connectivity index is 2.01. The minimum absolute atomic E-state index is 0.230. The second-order valence-corrected chi connectivity index (χ2v) is 5.64. The summed E-state index contributed by atoms with van der Waals surface area (Å²) in [4.78, 5) is 15.9. The Labute approximate surface area is 115 Å². The lowest BCUT2D eigenvalue weighted by molar-refractivity contribution is -0.128. The summed E-state index contributed by atoms with van der Waals surface area (Å²) in [5.41, 5.74) is 8.13. The van der Waals surface area contributed by atoms with Crippen LogP contribution in [0.25, 0.3) is 0 Å². The molecule has 1 amide bonds. The zero-order valence-corrected chi connectivity index (χ0v) is 11.8. The molecular formula is C15H23N3O. The van der Waals surface area contributed by atoms with Crippen LogP contribution in [0.15, 0.2) is 24.3 Å². The standard InChI is InChI=1S/C15H23N3O/c1-17(2)9-12-4-3-5-13(6-12)10-18-11-14(8-16)7-15(18)19/h3-6,14H,7-11,16H2,1-2H3. The average molecular weight is 261 g/mol. The van der Waals surface area contributed by atoms with Gasteiger partial charge < -0.3 is 15.5 Å². The molecule has 2 rings (SSSR count). The Morgan fingerprint density at radius 2 is 2.11 bits per heavy atom. The number of hydrogen-bond acceptors (Lipinski definition) is 3. The van der Waals surface area contributed by atoms with Crippen LogP contribution in [0.2, 0.25) is 0 Å². The smallest absolute Gasteiger partial charge is 0.223 e. The molecule has 1 atom stereocenters. The van der Waals surface area contributed by atoms with Gasteiger partial charge in [-0.25, -0.2) is 0 Å². The van der Waals surface area contributed by atoms with Crippen LogP contribution >= 0.6 is 0 Å². The highest BCUT2D eigenvalue weighted by molar-refractivity contribution is 5.78. The van der Waals surface area contributed by atoms with Crippen LogP contribution < -0.4 is 5.73 Å². The van der Waals surface area contributed by atoms with E-state index in [1.165, 1.54) is 11.1 Å². The van der Waals surface area contributed by atoms with E-state index >= 15 is 0 Å². The second-order valence-electron chi connectivity index (χ2n) is 5.64. The molecule has 104 valence electrons. The van der Waals surface area contributed by atoms with Gasteiger partial charge in [-0.15, -0.1) is 0 Å². The van der Waals surface area contributed by atoms with Crippen LogP contribution in [0.1, 0.15) is 17.5 Å². The number of amides is 1. The number of benzene rings is 1. The summed E-state index contributed by atoms with van der Waals surface area (Å²) in [5.74, 6) is 0.561. The Kier molecular flexibility index (Phi) is 4.56. The molecule has 4 nitrogen and oxygen atoms in total. The van der Waals surface area contributed by atoms with Gasteiger partial charge in [-0.3, -0.25) is 4.79 Å². The van der Waals surface area contributed by atoms with E-state index in [1.807, 2.05) is 4.90 Å². The number of carbonyl (C=O) groups excluding carboxylic acids is 1. The molecule has 1 fully saturated rings. The van der Waals surface area contributed by atoms with Crippen molar-refractivity contribution in [1.29, 1.82) is 0 Å². The average Bonchev–Trinajstić information content (AvgIpc) is 2.70. The lowest BCUT2D eigenvalue weighted by atomic mass is 10.1. The van der Waals surface area contributed by atoms with Gasteiger partial charge in [0.15, 0.2) is 0 Å². The minimum atomic E-state index is 0.230. The molecule has 1 heterocycles. The zero-order chi connectivity index (χ0) is 13.8. The van der Waals surface area contributed by atoms with Gasteiger partial charge >= 0.3 is 0 Å². The molecule has 1 aromatic carbocycles. The first-order valence-corrected chi connectivity index (χ1v) is 6.79. The van der Waals surface area contributed by atoms with E-state index in [2.05, 4.69) is 43.3 Å². The largest absolute Gasteiger partial charge is 0.338 e. The number of carbonyl (C=O) groups is 1. The normalized spacial score (nSPS) is 19.5. The first-order chi connectivity index (χ1) is 9.08. The highest BCUT2D eigenvalue weighted by Crippen LogP contribution is 2.19. The van der Waals surface area contributed by atoms with Crippen molar-refractivity contribution >= 4 is 5.91 Å². The van der Waals surface area contributed by atoms with Crippen LogP contribution in [0.3, 0.4) is 0 Å². The summed E-state index contributed by atoms with van der Waals surface area (Å²) >= 11 is 0. The third-order valence-corrected chi connectivity index (χ3v) is 3.49. The van der Waals surface area contributed by atoms with Gasteiger partial charge in [-0.1, -0.05) is 24.3 Å². The van der Waals surface area contributed by atoms with Crippen molar-refractivity contribution in [3.8, 4) is 0 Å². The third kappa shape index (κ3) is 3.78. The summed E-state index contributed by atoms with van der Waals surface area (Å²) in [7, 11) is 4.12. The first-order valence-electron chi connectivity index (χ1n) is 6.79. The predicted octanol–water partition coefficient (Wildman–Crippen LogP) is 1.06. The lowest BCUT2D eigenvalue weighted by Gasteiger charge is -2.17. The minimum Gasteiger partial charge on any atom is -0.338 e. The molecule has 0 bridgehead atoms. The number of nitrogens with zero attached hydrogens (tertiary/aromatic N) is 2. The molecule has 2 N–H and O–H groups in total. The maximum absolute atomic E-state index is 11.9. The lowest BCUT2D eigenvalue weighted by Crippen LogP contribution is -2.25. The summed E-state index contributed by atoms with van der Waals surface area (Å²) in [6, 6.07) is 8.46. The Bertz CT molecular complexity index is 445. The van der Waals surface area contributed by atoms with Gasteiger partial charge in [0.25, 0.3) is 0 Å². The van der Waals surface area contributed by atoms with E-state index in [-0.39, 0.29) is 5.91 Å². The summed E-state index contributed by atoms with van der Waals surface area (Å²) in [6.07, 6.45) is 0.605. The molecule has 1 unspecified atom stereocenters. The van der Waals surface area contributed by atoms with Crippen molar-refractivity contribution in [1.82, 2.24) is 9.80 Å². The molecule has 1 saturated heterocycles. The Morgan fingerprint density at radius 3 is 2.74 bits per heavy atom. The van der Waals surface area contributed by atoms with Crippen molar-refractivity contribution in [3.63, 3.8) is 0 Å². The molecule has 1 aliphatic rings. The van der Waals surface area contributed by atoms with E-state index in [0.717, 1.165) is 13.1 Å². The van der Waals surface area contributed by atoms with Gasteiger partial charge in [-0.2, -0.15) is 0 Å². The molecule has 0 saturated carbocycles. The zero-order valence-electron chi connectivity index (χ0n) is 11.8. The molecule has 0 spiro atoms. The molecule has 0 radical (unpaired) electrons. The van der Waals surface area contributed by atoms with E-state index in [0.29, 0.717) is 25.4 Å². The van der Waals surface area contributed by atoms with Crippen molar-refractivity contribution in [2.45, 2.75) is 19.5 Å². The fourth-order valence-electron chi connectivity index (χ4n) is 2.58. The number of nitrogens with two attached hydrogens (primary N) is 1. The third-order valence-electron chi connectivity index (χ3n) is 3.49. The van der Waals surface area contributed by atoms with Crippen LogP contribution in [0.5, 0.6) is 0 Å². The molecule has 1 aliphatic heterocycles.